The standard InChI is InChI=1S/C15H22FN/c1-11-6-7-15(8-11)17-12(2)9-13-4-3-5-14(16)10-13/h3-5,10-12,15,17H,6-9H2,1-2H3. The average Bonchev–Trinajstić information content (AvgIpc) is 2.63. The summed E-state index contributed by atoms with van der Waals surface area (Å²) in [7, 11) is 0. The van der Waals surface area contributed by atoms with E-state index in [1.807, 2.05) is 6.07 Å². The first-order valence-corrected chi connectivity index (χ1v) is 6.64. The summed E-state index contributed by atoms with van der Waals surface area (Å²) in [5.74, 6) is 0.720. The molecule has 1 nitrogen and oxygen atoms in total. The summed E-state index contributed by atoms with van der Waals surface area (Å²) in [4.78, 5) is 0. The van der Waals surface area contributed by atoms with E-state index >= 15 is 0 Å². The average molecular weight is 235 g/mol. The zero-order valence-electron chi connectivity index (χ0n) is 10.7. The highest BCUT2D eigenvalue weighted by atomic mass is 19.1. The van der Waals surface area contributed by atoms with E-state index in [1.54, 1.807) is 12.1 Å². The number of rotatable bonds is 4. The molecule has 1 aliphatic carbocycles. The van der Waals surface area contributed by atoms with Crippen molar-refractivity contribution in [3.63, 3.8) is 0 Å². The summed E-state index contributed by atoms with van der Waals surface area (Å²) >= 11 is 0. The van der Waals surface area contributed by atoms with Crippen LogP contribution in [0.25, 0.3) is 0 Å². The van der Waals surface area contributed by atoms with E-state index in [0.29, 0.717) is 12.1 Å². The highest BCUT2D eigenvalue weighted by Crippen LogP contribution is 2.25. The third kappa shape index (κ3) is 3.81. The molecule has 1 saturated carbocycles. The predicted octanol–water partition coefficient (Wildman–Crippen LogP) is 3.53. The largest absolute Gasteiger partial charge is 0.311 e. The van der Waals surface area contributed by atoms with Crippen molar-refractivity contribution in [2.24, 2.45) is 5.92 Å². The van der Waals surface area contributed by atoms with Gasteiger partial charge in [0.15, 0.2) is 0 Å². The van der Waals surface area contributed by atoms with Crippen molar-refractivity contribution in [2.75, 3.05) is 0 Å². The molecule has 2 heteroatoms. The van der Waals surface area contributed by atoms with Crippen LogP contribution >= 0.6 is 0 Å². The number of hydrogen-bond donors (Lipinski definition) is 1. The van der Waals surface area contributed by atoms with Crippen LogP contribution in [0.3, 0.4) is 0 Å². The highest BCUT2D eigenvalue weighted by molar-refractivity contribution is 5.17. The van der Waals surface area contributed by atoms with Gasteiger partial charge in [-0.15, -0.1) is 0 Å². The molecule has 0 spiro atoms. The van der Waals surface area contributed by atoms with Crippen LogP contribution in [0.4, 0.5) is 4.39 Å². The van der Waals surface area contributed by atoms with Gasteiger partial charge in [-0.1, -0.05) is 19.1 Å². The van der Waals surface area contributed by atoms with E-state index in [1.165, 1.54) is 25.3 Å². The topological polar surface area (TPSA) is 12.0 Å². The van der Waals surface area contributed by atoms with Crippen LogP contribution in [-0.2, 0) is 6.42 Å². The molecule has 0 aliphatic heterocycles. The van der Waals surface area contributed by atoms with E-state index in [-0.39, 0.29) is 5.82 Å². The Labute approximate surface area is 103 Å². The lowest BCUT2D eigenvalue weighted by Gasteiger charge is -2.19. The summed E-state index contributed by atoms with van der Waals surface area (Å²) in [6.07, 6.45) is 4.81. The molecule has 1 aromatic carbocycles. The zero-order chi connectivity index (χ0) is 12.3. The minimum atomic E-state index is -0.135. The minimum Gasteiger partial charge on any atom is -0.311 e. The van der Waals surface area contributed by atoms with Crippen LogP contribution in [-0.4, -0.2) is 12.1 Å². The molecule has 1 aromatic rings. The van der Waals surface area contributed by atoms with Crippen molar-refractivity contribution in [3.05, 3.63) is 35.6 Å². The summed E-state index contributed by atoms with van der Waals surface area (Å²) in [5.41, 5.74) is 1.08. The first-order valence-electron chi connectivity index (χ1n) is 6.64. The molecule has 3 atom stereocenters. The Morgan fingerprint density at radius 3 is 2.88 bits per heavy atom. The van der Waals surface area contributed by atoms with Crippen LogP contribution in [0.2, 0.25) is 0 Å². The van der Waals surface area contributed by atoms with Gasteiger partial charge < -0.3 is 5.32 Å². The van der Waals surface area contributed by atoms with Crippen molar-refractivity contribution >= 4 is 0 Å². The molecule has 0 amide bonds. The van der Waals surface area contributed by atoms with Crippen LogP contribution in [0.15, 0.2) is 24.3 Å². The van der Waals surface area contributed by atoms with Crippen molar-refractivity contribution in [2.45, 2.75) is 51.6 Å². The van der Waals surface area contributed by atoms with Gasteiger partial charge in [-0.25, -0.2) is 4.39 Å². The molecule has 1 N–H and O–H groups in total. The second kappa shape index (κ2) is 5.63. The SMILES string of the molecule is CC1CCC(NC(C)Cc2cccc(F)c2)C1. The molecule has 0 radical (unpaired) electrons. The number of halogens is 1. The van der Waals surface area contributed by atoms with Crippen molar-refractivity contribution < 1.29 is 4.39 Å². The van der Waals surface area contributed by atoms with Gasteiger partial charge in [0.2, 0.25) is 0 Å². The van der Waals surface area contributed by atoms with E-state index in [9.17, 15) is 4.39 Å². The quantitative estimate of drug-likeness (QED) is 0.841. The molecule has 2 rings (SSSR count). The molecule has 1 fully saturated rings. The summed E-state index contributed by atoms with van der Waals surface area (Å²) in [6.45, 7) is 4.51. The third-order valence-electron chi connectivity index (χ3n) is 3.65. The van der Waals surface area contributed by atoms with E-state index in [4.69, 9.17) is 0 Å². The van der Waals surface area contributed by atoms with E-state index < -0.39 is 0 Å². The van der Waals surface area contributed by atoms with Crippen LogP contribution in [0, 0.1) is 11.7 Å². The van der Waals surface area contributed by atoms with Gasteiger partial charge in [0.05, 0.1) is 0 Å². The van der Waals surface area contributed by atoms with Gasteiger partial charge >= 0.3 is 0 Å². The van der Waals surface area contributed by atoms with Gasteiger partial charge in [-0.05, 0) is 56.2 Å². The Hall–Kier alpha value is -0.890. The molecule has 3 unspecified atom stereocenters. The van der Waals surface area contributed by atoms with Crippen LogP contribution in [0.5, 0.6) is 0 Å². The second-order valence-corrected chi connectivity index (χ2v) is 5.52. The number of nitrogens with one attached hydrogen (secondary N) is 1. The van der Waals surface area contributed by atoms with Gasteiger partial charge in [-0.3, -0.25) is 0 Å². The van der Waals surface area contributed by atoms with Crippen molar-refractivity contribution in [1.29, 1.82) is 0 Å². The summed E-state index contributed by atoms with van der Waals surface area (Å²) in [6, 6.07) is 8.00. The normalized spacial score (nSPS) is 26.1. The van der Waals surface area contributed by atoms with Gasteiger partial charge in [0.25, 0.3) is 0 Å². The molecule has 0 bridgehead atoms. The molecule has 94 valence electrons. The predicted molar refractivity (Wildman–Crippen MR) is 69.5 cm³/mol. The maximum Gasteiger partial charge on any atom is 0.123 e. The Balaban J connectivity index is 1.83. The fraction of sp³-hybridized carbons (Fsp3) is 0.600. The summed E-state index contributed by atoms with van der Waals surface area (Å²) in [5, 5.41) is 3.65. The Morgan fingerprint density at radius 1 is 1.41 bits per heavy atom. The lowest BCUT2D eigenvalue weighted by molar-refractivity contribution is 0.437. The molecular formula is C15H22FN. The van der Waals surface area contributed by atoms with E-state index in [0.717, 1.165) is 17.9 Å². The lowest BCUT2D eigenvalue weighted by atomic mass is 10.1. The maximum atomic E-state index is 13.1. The van der Waals surface area contributed by atoms with Gasteiger partial charge in [0.1, 0.15) is 5.82 Å². The van der Waals surface area contributed by atoms with Crippen LogP contribution in [0.1, 0.15) is 38.7 Å². The number of benzene rings is 1. The minimum absolute atomic E-state index is 0.135. The fourth-order valence-corrected chi connectivity index (χ4v) is 2.84. The van der Waals surface area contributed by atoms with Crippen molar-refractivity contribution in [1.82, 2.24) is 5.32 Å². The fourth-order valence-electron chi connectivity index (χ4n) is 2.84. The van der Waals surface area contributed by atoms with Gasteiger partial charge in [0, 0.05) is 12.1 Å². The first kappa shape index (κ1) is 12.6. The Bertz CT molecular complexity index is 364. The smallest absolute Gasteiger partial charge is 0.123 e. The Morgan fingerprint density at radius 2 is 2.24 bits per heavy atom. The van der Waals surface area contributed by atoms with Crippen molar-refractivity contribution in [3.8, 4) is 0 Å². The number of hydrogen-bond acceptors (Lipinski definition) is 1. The monoisotopic (exact) mass is 235 g/mol. The van der Waals surface area contributed by atoms with Gasteiger partial charge in [-0.2, -0.15) is 0 Å². The first-order chi connectivity index (χ1) is 8.13. The Kier molecular flexibility index (Phi) is 4.16. The molecule has 17 heavy (non-hydrogen) atoms. The molecular weight excluding hydrogens is 213 g/mol. The van der Waals surface area contributed by atoms with E-state index in [2.05, 4.69) is 19.2 Å². The lowest BCUT2D eigenvalue weighted by Crippen LogP contribution is -2.36. The summed E-state index contributed by atoms with van der Waals surface area (Å²) < 4.78 is 13.1. The maximum absolute atomic E-state index is 13.1. The molecule has 0 aromatic heterocycles. The second-order valence-electron chi connectivity index (χ2n) is 5.52. The molecule has 0 heterocycles. The molecule has 0 saturated heterocycles. The zero-order valence-corrected chi connectivity index (χ0v) is 10.7. The molecule has 1 aliphatic rings. The third-order valence-corrected chi connectivity index (χ3v) is 3.65. The van der Waals surface area contributed by atoms with Crippen LogP contribution < -0.4 is 5.32 Å². The highest BCUT2D eigenvalue weighted by Gasteiger charge is 2.22.